The maximum atomic E-state index is 11.5. The molecule has 1 fully saturated rings. The van der Waals surface area contributed by atoms with Crippen LogP contribution < -0.4 is 5.32 Å². The molecule has 0 aliphatic carbocycles. The van der Waals surface area contributed by atoms with E-state index in [2.05, 4.69) is 5.32 Å². The van der Waals surface area contributed by atoms with Gasteiger partial charge in [-0.25, -0.2) is 4.79 Å². The molecule has 0 aromatic carbocycles. The summed E-state index contributed by atoms with van der Waals surface area (Å²) < 4.78 is 0. The van der Waals surface area contributed by atoms with E-state index in [-0.39, 0.29) is 24.5 Å². The van der Waals surface area contributed by atoms with E-state index in [0.29, 0.717) is 6.54 Å². The fourth-order valence-electron chi connectivity index (χ4n) is 1.49. The first-order chi connectivity index (χ1) is 6.60. The first-order valence-electron chi connectivity index (χ1n) is 4.82. The van der Waals surface area contributed by atoms with Crippen molar-refractivity contribution in [2.45, 2.75) is 19.4 Å². The van der Waals surface area contributed by atoms with Crippen molar-refractivity contribution in [1.29, 1.82) is 0 Å². The van der Waals surface area contributed by atoms with Crippen LogP contribution in [0.5, 0.6) is 0 Å². The largest absolute Gasteiger partial charge is 0.327 e. The summed E-state index contributed by atoms with van der Waals surface area (Å²) in [5, 5.41) is 3.07. The predicted octanol–water partition coefficient (Wildman–Crippen LogP) is -0.122. The number of hydrogen-bond acceptors (Lipinski definition) is 3. The SMILES string of the molecule is CCC(CN1C(=O)CN(C)C1=O)NC. The second-order valence-corrected chi connectivity index (χ2v) is 3.54. The number of urea groups is 1. The molecule has 80 valence electrons. The first kappa shape index (κ1) is 11.0. The highest BCUT2D eigenvalue weighted by Gasteiger charge is 2.34. The minimum absolute atomic E-state index is 0.105. The van der Waals surface area contributed by atoms with E-state index in [4.69, 9.17) is 0 Å². The van der Waals surface area contributed by atoms with Gasteiger partial charge in [-0.15, -0.1) is 0 Å². The summed E-state index contributed by atoms with van der Waals surface area (Å²) in [4.78, 5) is 25.6. The van der Waals surface area contributed by atoms with E-state index in [1.165, 1.54) is 9.80 Å². The van der Waals surface area contributed by atoms with Gasteiger partial charge >= 0.3 is 6.03 Å². The van der Waals surface area contributed by atoms with Gasteiger partial charge in [-0.3, -0.25) is 9.69 Å². The molecule has 0 saturated carbocycles. The Bertz CT molecular complexity index is 238. The van der Waals surface area contributed by atoms with Gasteiger partial charge in [0.2, 0.25) is 5.91 Å². The molecule has 0 aromatic heterocycles. The molecule has 1 aliphatic rings. The van der Waals surface area contributed by atoms with E-state index in [1.54, 1.807) is 7.05 Å². The Balaban J connectivity index is 2.59. The third kappa shape index (κ3) is 2.04. The molecular weight excluding hydrogens is 182 g/mol. The standard InChI is InChI=1S/C9H17N3O2/c1-4-7(10-2)5-12-8(13)6-11(3)9(12)14/h7,10H,4-6H2,1-3H3. The topological polar surface area (TPSA) is 52.7 Å². The molecule has 1 rings (SSSR count). The normalized spacial score (nSPS) is 19.4. The van der Waals surface area contributed by atoms with Crippen LogP contribution >= 0.6 is 0 Å². The molecule has 0 spiro atoms. The van der Waals surface area contributed by atoms with Crippen LogP contribution in [-0.2, 0) is 4.79 Å². The summed E-state index contributed by atoms with van der Waals surface area (Å²) in [6, 6.07) is -0.00176. The average Bonchev–Trinajstić information content (AvgIpc) is 2.40. The number of carbonyl (C=O) groups excluding carboxylic acids is 2. The number of imide groups is 1. The molecule has 0 aromatic rings. The van der Waals surface area contributed by atoms with Crippen LogP contribution in [0.15, 0.2) is 0 Å². The lowest BCUT2D eigenvalue weighted by Gasteiger charge is -2.20. The van der Waals surface area contributed by atoms with Crippen molar-refractivity contribution in [3.63, 3.8) is 0 Å². The number of amides is 3. The van der Waals surface area contributed by atoms with Gasteiger partial charge in [0.25, 0.3) is 0 Å². The van der Waals surface area contributed by atoms with Gasteiger partial charge in [-0.05, 0) is 13.5 Å². The van der Waals surface area contributed by atoms with Crippen LogP contribution in [-0.4, -0.2) is 55.0 Å². The number of likely N-dealkylation sites (N-methyl/N-ethyl adjacent to an activating group) is 2. The van der Waals surface area contributed by atoms with Gasteiger partial charge in [0, 0.05) is 19.6 Å². The summed E-state index contributed by atoms with van der Waals surface area (Å²) in [6.07, 6.45) is 0.900. The van der Waals surface area contributed by atoms with Crippen LogP contribution in [0.25, 0.3) is 0 Å². The Labute approximate surface area is 84.0 Å². The molecule has 0 bridgehead atoms. The molecule has 5 nitrogen and oxygen atoms in total. The smallest absolute Gasteiger partial charge is 0.318 e. The van der Waals surface area contributed by atoms with E-state index in [1.807, 2.05) is 14.0 Å². The molecule has 14 heavy (non-hydrogen) atoms. The van der Waals surface area contributed by atoms with Gasteiger partial charge in [-0.2, -0.15) is 0 Å². The van der Waals surface area contributed by atoms with Crippen LogP contribution in [0.2, 0.25) is 0 Å². The summed E-state index contributed by atoms with van der Waals surface area (Å²) in [7, 11) is 3.48. The zero-order valence-corrected chi connectivity index (χ0v) is 8.91. The quantitative estimate of drug-likeness (QED) is 0.642. The van der Waals surface area contributed by atoms with Gasteiger partial charge in [0.05, 0.1) is 0 Å². The molecule has 5 heteroatoms. The molecule has 1 atom stereocenters. The van der Waals surface area contributed by atoms with Crippen molar-refractivity contribution in [3.8, 4) is 0 Å². The molecule has 3 amide bonds. The van der Waals surface area contributed by atoms with Gasteiger partial charge < -0.3 is 10.2 Å². The van der Waals surface area contributed by atoms with Crippen molar-refractivity contribution >= 4 is 11.9 Å². The van der Waals surface area contributed by atoms with E-state index < -0.39 is 0 Å². The Morgan fingerprint density at radius 1 is 1.50 bits per heavy atom. The van der Waals surface area contributed by atoms with Crippen LogP contribution in [0, 0.1) is 0 Å². The maximum Gasteiger partial charge on any atom is 0.327 e. The second kappa shape index (κ2) is 4.41. The average molecular weight is 199 g/mol. The summed E-state index contributed by atoms with van der Waals surface area (Å²) in [5.41, 5.74) is 0. The highest BCUT2D eigenvalue weighted by atomic mass is 16.2. The zero-order chi connectivity index (χ0) is 10.7. The van der Waals surface area contributed by atoms with Crippen LogP contribution in [0.4, 0.5) is 4.79 Å². The summed E-state index contributed by atoms with van der Waals surface area (Å²) in [6.45, 7) is 2.70. The van der Waals surface area contributed by atoms with Crippen molar-refractivity contribution in [2.24, 2.45) is 0 Å². The van der Waals surface area contributed by atoms with Gasteiger partial charge in [0.15, 0.2) is 0 Å². The lowest BCUT2D eigenvalue weighted by molar-refractivity contribution is -0.125. The van der Waals surface area contributed by atoms with Crippen molar-refractivity contribution < 1.29 is 9.59 Å². The highest BCUT2D eigenvalue weighted by molar-refractivity contribution is 6.01. The van der Waals surface area contributed by atoms with Crippen molar-refractivity contribution in [3.05, 3.63) is 0 Å². The Kier molecular flexibility index (Phi) is 3.46. The Hall–Kier alpha value is -1.10. The number of nitrogens with zero attached hydrogens (tertiary/aromatic N) is 2. The first-order valence-corrected chi connectivity index (χ1v) is 4.82. The summed E-state index contributed by atoms with van der Waals surface area (Å²) in [5.74, 6) is -0.105. The number of rotatable bonds is 4. The van der Waals surface area contributed by atoms with E-state index in [0.717, 1.165) is 6.42 Å². The van der Waals surface area contributed by atoms with Crippen LogP contribution in [0.1, 0.15) is 13.3 Å². The fraction of sp³-hybridized carbons (Fsp3) is 0.778. The monoisotopic (exact) mass is 199 g/mol. The lowest BCUT2D eigenvalue weighted by atomic mass is 10.2. The highest BCUT2D eigenvalue weighted by Crippen LogP contribution is 2.09. The minimum atomic E-state index is -0.191. The molecular formula is C9H17N3O2. The molecule has 1 unspecified atom stereocenters. The van der Waals surface area contributed by atoms with E-state index >= 15 is 0 Å². The predicted molar refractivity (Wildman–Crippen MR) is 52.9 cm³/mol. The fourth-order valence-corrected chi connectivity index (χ4v) is 1.49. The third-order valence-corrected chi connectivity index (χ3v) is 2.53. The third-order valence-electron chi connectivity index (χ3n) is 2.53. The molecule has 1 heterocycles. The maximum absolute atomic E-state index is 11.5. The number of carbonyl (C=O) groups is 2. The lowest BCUT2D eigenvalue weighted by Crippen LogP contribution is -2.42. The molecule has 0 radical (unpaired) electrons. The number of hydrogen-bond donors (Lipinski definition) is 1. The second-order valence-electron chi connectivity index (χ2n) is 3.54. The Morgan fingerprint density at radius 3 is 2.50 bits per heavy atom. The molecule has 1 N–H and O–H groups in total. The van der Waals surface area contributed by atoms with Crippen LogP contribution in [0.3, 0.4) is 0 Å². The van der Waals surface area contributed by atoms with Crippen molar-refractivity contribution in [1.82, 2.24) is 15.1 Å². The number of nitrogens with one attached hydrogen (secondary N) is 1. The van der Waals surface area contributed by atoms with Gasteiger partial charge in [0.1, 0.15) is 6.54 Å². The summed E-state index contributed by atoms with van der Waals surface area (Å²) >= 11 is 0. The minimum Gasteiger partial charge on any atom is -0.318 e. The van der Waals surface area contributed by atoms with E-state index in [9.17, 15) is 9.59 Å². The van der Waals surface area contributed by atoms with Crippen molar-refractivity contribution in [2.75, 3.05) is 27.2 Å². The Morgan fingerprint density at radius 2 is 2.14 bits per heavy atom. The van der Waals surface area contributed by atoms with Gasteiger partial charge in [-0.1, -0.05) is 6.92 Å². The molecule has 1 aliphatic heterocycles. The molecule has 1 saturated heterocycles. The zero-order valence-electron chi connectivity index (χ0n) is 8.91.